The zero-order valence-corrected chi connectivity index (χ0v) is 40.0. The average Bonchev–Trinajstić information content (AvgIpc) is 3.26. The van der Waals surface area contributed by atoms with E-state index in [0.717, 1.165) is 89.9 Å². The fraction of sp³-hybridized carbons (Fsp3) is 0.643. The average molecular weight is 860 g/mol. The molecule has 0 aromatic heterocycles. The maximum atomic E-state index is 13.1. The van der Waals surface area contributed by atoms with Crippen LogP contribution in [0.2, 0.25) is 0 Å². The van der Waals surface area contributed by atoms with Gasteiger partial charge in [-0.1, -0.05) is 227 Å². The molecule has 3 unspecified atom stereocenters. The molecule has 0 aromatic rings. The van der Waals surface area contributed by atoms with Gasteiger partial charge < -0.3 is 20.3 Å². The maximum absolute atomic E-state index is 13.1. The minimum absolute atomic E-state index is 0.0622. The monoisotopic (exact) mass is 860 g/mol. The molecule has 1 amide bonds. The third-order valence-electron chi connectivity index (χ3n) is 10.7. The molecule has 62 heavy (non-hydrogen) atoms. The van der Waals surface area contributed by atoms with Crippen molar-refractivity contribution >= 4 is 11.9 Å². The van der Waals surface area contributed by atoms with Crippen LogP contribution in [0, 0.1) is 0 Å². The van der Waals surface area contributed by atoms with Crippen LogP contribution in [0.25, 0.3) is 0 Å². The van der Waals surface area contributed by atoms with Crippen LogP contribution >= 0.6 is 0 Å². The number of rotatable bonds is 43. The van der Waals surface area contributed by atoms with E-state index in [9.17, 15) is 19.8 Å². The van der Waals surface area contributed by atoms with Gasteiger partial charge in [0.1, 0.15) is 6.10 Å². The summed E-state index contributed by atoms with van der Waals surface area (Å²) in [5.74, 6) is -0.665. The number of hydrogen-bond acceptors (Lipinski definition) is 5. The Balaban J connectivity index is 4.80. The van der Waals surface area contributed by atoms with Gasteiger partial charge in [0, 0.05) is 6.42 Å². The van der Waals surface area contributed by atoms with E-state index in [1.165, 1.54) is 70.6 Å². The van der Waals surface area contributed by atoms with Gasteiger partial charge >= 0.3 is 5.97 Å². The number of carbonyl (C=O) groups excluding carboxylic acids is 2. The molecule has 0 bridgehead atoms. The third kappa shape index (κ3) is 43.2. The van der Waals surface area contributed by atoms with E-state index in [1.807, 2.05) is 6.08 Å². The second kappa shape index (κ2) is 48.6. The minimum Gasteiger partial charge on any atom is -0.458 e. The quantitative estimate of drug-likeness (QED) is 0.0246. The number of allylic oxidation sites excluding steroid dienone is 17. The van der Waals surface area contributed by atoms with E-state index in [2.05, 4.69) is 123 Å². The number of esters is 1. The second-order valence-corrected chi connectivity index (χ2v) is 16.6. The van der Waals surface area contributed by atoms with Crippen molar-refractivity contribution in [2.75, 3.05) is 6.61 Å². The summed E-state index contributed by atoms with van der Waals surface area (Å²) in [6.45, 7) is 6.26. The second-order valence-electron chi connectivity index (χ2n) is 16.6. The number of aliphatic hydroxyl groups excluding tert-OH is 2. The van der Waals surface area contributed by atoms with Crippen LogP contribution < -0.4 is 5.32 Å². The van der Waals surface area contributed by atoms with Gasteiger partial charge in [0.25, 0.3) is 0 Å². The number of carbonyl (C=O) groups is 2. The molecule has 0 rings (SSSR count). The Hall–Kier alpha value is -3.48. The van der Waals surface area contributed by atoms with Crippen molar-refractivity contribution in [1.29, 1.82) is 0 Å². The Morgan fingerprint density at radius 3 is 1.48 bits per heavy atom. The first-order valence-electron chi connectivity index (χ1n) is 25.2. The Bertz CT molecular complexity index is 1280. The number of nitrogens with one attached hydrogen (secondary N) is 1. The van der Waals surface area contributed by atoms with Gasteiger partial charge in [-0.25, -0.2) is 0 Å². The van der Waals surface area contributed by atoms with E-state index in [0.29, 0.717) is 19.3 Å². The van der Waals surface area contributed by atoms with E-state index in [1.54, 1.807) is 6.08 Å². The summed E-state index contributed by atoms with van der Waals surface area (Å²) in [7, 11) is 0. The van der Waals surface area contributed by atoms with Gasteiger partial charge in [-0.2, -0.15) is 0 Å². The SMILES string of the molecule is CC/C=C/C/C=C/C/C=C/C/C=C/C/C=C/C(CC(=O)NC(CO)C(O)CCCCCCCCCCCCC)OC(=O)CCCCCCC/C=C/C=C/C=C/C=C/CCCCC. The van der Waals surface area contributed by atoms with Crippen molar-refractivity contribution in [3.05, 3.63) is 109 Å². The summed E-state index contributed by atoms with van der Waals surface area (Å²) in [6, 6.07) is -0.753. The van der Waals surface area contributed by atoms with Crippen molar-refractivity contribution in [3.8, 4) is 0 Å². The number of aliphatic hydroxyl groups is 2. The van der Waals surface area contributed by atoms with Crippen LogP contribution in [-0.4, -0.2) is 46.9 Å². The van der Waals surface area contributed by atoms with Crippen molar-refractivity contribution in [3.63, 3.8) is 0 Å². The highest BCUT2D eigenvalue weighted by molar-refractivity contribution is 5.78. The highest BCUT2D eigenvalue weighted by Crippen LogP contribution is 2.15. The van der Waals surface area contributed by atoms with Crippen molar-refractivity contribution in [2.45, 2.75) is 225 Å². The zero-order valence-electron chi connectivity index (χ0n) is 40.0. The Kier molecular flexibility index (Phi) is 45.8. The molecule has 0 radical (unpaired) electrons. The van der Waals surface area contributed by atoms with Crippen LogP contribution in [0.4, 0.5) is 0 Å². The summed E-state index contributed by atoms with van der Waals surface area (Å²) in [6.07, 6.45) is 66.0. The third-order valence-corrected chi connectivity index (χ3v) is 10.7. The van der Waals surface area contributed by atoms with Gasteiger partial charge in [-0.15, -0.1) is 0 Å². The molecular formula is C56H93NO5. The predicted octanol–water partition coefficient (Wildman–Crippen LogP) is 15.1. The maximum Gasteiger partial charge on any atom is 0.306 e. The van der Waals surface area contributed by atoms with Crippen LogP contribution in [0.15, 0.2) is 109 Å². The molecule has 0 saturated heterocycles. The van der Waals surface area contributed by atoms with Crippen molar-refractivity contribution < 1.29 is 24.5 Å². The Morgan fingerprint density at radius 1 is 0.516 bits per heavy atom. The molecule has 0 aliphatic rings. The highest BCUT2D eigenvalue weighted by Gasteiger charge is 2.23. The number of ether oxygens (including phenoxy) is 1. The van der Waals surface area contributed by atoms with E-state index >= 15 is 0 Å². The van der Waals surface area contributed by atoms with E-state index in [4.69, 9.17) is 4.74 Å². The molecule has 0 aromatic carbocycles. The molecular weight excluding hydrogens is 767 g/mol. The molecule has 0 fully saturated rings. The Morgan fingerprint density at radius 2 is 0.952 bits per heavy atom. The smallest absolute Gasteiger partial charge is 0.306 e. The molecule has 0 aliphatic heterocycles. The van der Waals surface area contributed by atoms with Gasteiger partial charge in [-0.3, -0.25) is 9.59 Å². The van der Waals surface area contributed by atoms with Gasteiger partial charge in [-0.05, 0) is 76.7 Å². The fourth-order valence-corrected chi connectivity index (χ4v) is 6.87. The molecule has 352 valence electrons. The molecule has 3 N–H and O–H groups in total. The first-order valence-corrected chi connectivity index (χ1v) is 25.2. The summed E-state index contributed by atoms with van der Waals surface area (Å²) in [5, 5.41) is 23.6. The molecule has 0 heterocycles. The zero-order chi connectivity index (χ0) is 45.2. The number of hydrogen-bond donors (Lipinski definition) is 3. The Labute approximate surface area is 381 Å². The topological polar surface area (TPSA) is 95.9 Å². The summed E-state index contributed by atoms with van der Waals surface area (Å²) < 4.78 is 5.81. The van der Waals surface area contributed by atoms with E-state index in [-0.39, 0.29) is 24.9 Å². The van der Waals surface area contributed by atoms with Crippen LogP contribution in [0.3, 0.4) is 0 Å². The van der Waals surface area contributed by atoms with Crippen LogP contribution in [0.1, 0.15) is 207 Å². The predicted molar refractivity (Wildman–Crippen MR) is 268 cm³/mol. The lowest BCUT2D eigenvalue weighted by molar-refractivity contribution is -0.148. The highest BCUT2D eigenvalue weighted by atomic mass is 16.5. The van der Waals surface area contributed by atoms with Crippen molar-refractivity contribution in [1.82, 2.24) is 5.32 Å². The molecule has 0 spiro atoms. The lowest BCUT2D eigenvalue weighted by Crippen LogP contribution is -2.46. The van der Waals surface area contributed by atoms with Gasteiger partial charge in [0.2, 0.25) is 5.91 Å². The first-order chi connectivity index (χ1) is 30.5. The standard InChI is InChI=1S/C56H93NO5/c1-4-7-10-13-16-19-22-24-26-27-28-29-31-34-37-40-43-46-49-56(61)62-52(47-44-41-38-35-33-30-25-23-20-17-14-11-8-5-2)50-55(60)57-53(51-58)54(59)48-45-42-39-36-32-21-18-15-12-9-6-3/h8,11,16-17,19-20,22,24-30,35,38,44,47,52-54,58-59H,4-7,9-10,12-15,18,21,23,31-34,36-37,39-43,45-46,48-51H2,1-3H3,(H,57,60)/b11-8+,19-16+,20-17+,24-22+,27-26+,29-28+,30-25+,38-35+,47-44+. The molecule has 0 aliphatic carbocycles. The number of unbranched alkanes of at least 4 members (excludes halogenated alkanes) is 18. The van der Waals surface area contributed by atoms with Gasteiger partial charge in [0.05, 0.1) is 25.2 Å². The lowest BCUT2D eigenvalue weighted by Gasteiger charge is -2.23. The normalized spacial score (nSPS) is 14.2. The van der Waals surface area contributed by atoms with Crippen LogP contribution in [0.5, 0.6) is 0 Å². The van der Waals surface area contributed by atoms with E-state index < -0.39 is 18.2 Å². The largest absolute Gasteiger partial charge is 0.458 e. The summed E-state index contributed by atoms with van der Waals surface area (Å²) >= 11 is 0. The van der Waals surface area contributed by atoms with Crippen LogP contribution in [-0.2, 0) is 14.3 Å². The van der Waals surface area contributed by atoms with Crippen molar-refractivity contribution in [2.24, 2.45) is 0 Å². The summed E-state index contributed by atoms with van der Waals surface area (Å²) in [4.78, 5) is 26.1. The van der Waals surface area contributed by atoms with Gasteiger partial charge in [0.15, 0.2) is 0 Å². The summed E-state index contributed by atoms with van der Waals surface area (Å²) in [5.41, 5.74) is 0. The molecule has 0 saturated carbocycles. The lowest BCUT2D eigenvalue weighted by atomic mass is 10.0. The minimum atomic E-state index is -0.829. The molecule has 3 atom stereocenters. The first kappa shape index (κ1) is 58.5. The number of amides is 1. The molecule has 6 nitrogen and oxygen atoms in total. The molecule has 6 heteroatoms. The fourth-order valence-electron chi connectivity index (χ4n) is 6.87.